The van der Waals surface area contributed by atoms with Gasteiger partial charge in [0.1, 0.15) is 0 Å². The zero-order chi connectivity index (χ0) is 5.98. The van der Waals surface area contributed by atoms with Crippen LogP contribution in [0.2, 0.25) is 0 Å². The van der Waals surface area contributed by atoms with Crippen LogP contribution >= 0.6 is 0 Å². The Morgan fingerprint density at radius 2 is 2.25 bits per heavy atom. The molecule has 0 bridgehead atoms. The molecule has 1 nitrogen and oxygen atoms in total. The van der Waals surface area contributed by atoms with Gasteiger partial charge in [-0.2, -0.15) is 0 Å². The van der Waals surface area contributed by atoms with Crippen molar-refractivity contribution in [3.63, 3.8) is 0 Å². The van der Waals surface area contributed by atoms with E-state index >= 15 is 0 Å². The van der Waals surface area contributed by atoms with Gasteiger partial charge >= 0.3 is 0 Å². The van der Waals surface area contributed by atoms with Crippen molar-refractivity contribution in [2.45, 2.75) is 20.0 Å². The molecule has 0 aliphatic carbocycles. The summed E-state index contributed by atoms with van der Waals surface area (Å²) >= 11 is 0. The molecule has 0 saturated heterocycles. The van der Waals surface area contributed by atoms with Gasteiger partial charge in [0.2, 0.25) is 0 Å². The average Bonchev–Trinajstić information content (AvgIpc) is 1.77. The lowest BCUT2D eigenvalue weighted by Gasteiger charge is -2.20. The molecule has 2 atom stereocenters. The second-order valence-corrected chi connectivity index (χ2v) is 2.33. The van der Waals surface area contributed by atoms with Gasteiger partial charge < -0.3 is 4.74 Å². The summed E-state index contributed by atoms with van der Waals surface area (Å²) < 4.78 is 5.30. The average molecular weight is 112 g/mol. The Morgan fingerprint density at radius 1 is 1.50 bits per heavy atom. The summed E-state index contributed by atoms with van der Waals surface area (Å²) in [4.78, 5) is 0. The van der Waals surface area contributed by atoms with E-state index in [1.807, 2.05) is 0 Å². The highest BCUT2D eigenvalue weighted by molar-refractivity contribution is 4.92. The van der Waals surface area contributed by atoms with Gasteiger partial charge in [-0.1, -0.05) is 19.1 Å². The van der Waals surface area contributed by atoms with E-state index in [1.54, 1.807) is 0 Å². The summed E-state index contributed by atoms with van der Waals surface area (Å²) in [7, 11) is 0. The maximum absolute atomic E-state index is 5.30. The Morgan fingerprint density at radius 3 is 2.62 bits per heavy atom. The van der Waals surface area contributed by atoms with E-state index in [1.165, 1.54) is 0 Å². The molecule has 1 heteroatoms. The molecule has 0 aromatic rings. The predicted molar refractivity (Wildman–Crippen MR) is 33.7 cm³/mol. The number of ether oxygens (including phenoxy) is 1. The Labute approximate surface area is 50.3 Å². The summed E-state index contributed by atoms with van der Waals surface area (Å²) in [5.74, 6) is 0.601. The summed E-state index contributed by atoms with van der Waals surface area (Å²) in [6.45, 7) is 5.07. The van der Waals surface area contributed by atoms with E-state index in [0.717, 1.165) is 6.61 Å². The van der Waals surface area contributed by atoms with Crippen molar-refractivity contribution >= 4 is 0 Å². The monoisotopic (exact) mass is 112 g/mol. The summed E-state index contributed by atoms with van der Waals surface area (Å²) in [5.41, 5.74) is 0. The van der Waals surface area contributed by atoms with E-state index in [0.29, 0.717) is 12.0 Å². The lowest BCUT2D eigenvalue weighted by molar-refractivity contribution is 0.0525. The van der Waals surface area contributed by atoms with Gasteiger partial charge in [-0.05, 0) is 6.92 Å². The van der Waals surface area contributed by atoms with E-state index < -0.39 is 0 Å². The highest BCUT2D eigenvalue weighted by Crippen LogP contribution is 2.12. The van der Waals surface area contributed by atoms with Crippen LogP contribution in [0.5, 0.6) is 0 Å². The van der Waals surface area contributed by atoms with Gasteiger partial charge in [0, 0.05) is 5.92 Å². The van der Waals surface area contributed by atoms with Crippen LogP contribution < -0.4 is 0 Å². The first-order valence-electron chi connectivity index (χ1n) is 3.09. The van der Waals surface area contributed by atoms with Crippen molar-refractivity contribution in [3.8, 4) is 0 Å². The largest absolute Gasteiger partial charge is 0.374 e. The lowest BCUT2D eigenvalue weighted by atomic mass is 10.0. The fourth-order valence-corrected chi connectivity index (χ4v) is 0.786. The van der Waals surface area contributed by atoms with Gasteiger partial charge in [-0.15, -0.1) is 0 Å². The Bertz CT molecular complexity index is 96.6. The quantitative estimate of drug-likeness (QED) is 0.432. The van der Waals surface area contributed by atoms with Crippen molar-refractivity contribution in [2.24, 2.45) is 5.92 Å². The predicted octanol–water partition coefficient (Wildman–Crippen LogP) is 1.60. The third-order valence-corrected chi connectivity index (χ3v) is 1.64. The molecule has 0 spiro atoms. The van der Waals surface area contributed by atoms with Crippen molar-refractivity contribution in [2.75, 3.05) is 6.61 Å². The minimum absolute atomic E-state index is 0.417. The second kappa shape index (κ2) is 2.31. The maximum atomic E-state index is 5.30. The SMILES string of the molecule is CC1C=CCOC1C. The van der Waals surface area contributed by atoms with Gasteiger partial charge in [0.15, 0.2) is 0 Å². The molecule has 1 aliphatic heterocycles. The molecule has 0 N–H and O–H groups in total. The molecule has 46 valence electrons. The van der Waals surface area contributed by atoms with Crippen LogP contribution in [0, 0.1) is 5.92 Å². The number of rotatable bonds is 0. The summed E-state index contributed by atoms with van der Waals surface area (Å²) in [6, 6.07) is 0. The maximum Gasteiger partial charge on any atom is 0.0651 e. The Hall–Kier alpha value is -0.300. The first-order valence-corrected chi connectivity index (χ1v) is 3.09. The molecule has 1 heterocycles. The molecule has 0 radical (unpaired) electrons. The minimum Gasteiger partial charge on any atom is -0.374 e. The van der Waals surface area contributed by atoms with E-state index in [4.69, 9.17) is 4.74 Å². The molecule has 0 aromatic heterocycles. The van der Waals surface area contributed by atoms with E-state index in [9.17, 15) is 0 Å². The smallest absolute Gasteiger partial charge is 0.0651 e. The Balaban J connectivity index is 2.47. The molecule has 0 amide bonds. The molecular weight excluding hydrogens is 100 g/mol. The van der Waals surface area contributed by atoms with Crippen LogP contribution in [0.4, 0.5) is 0 Å². The molecular formula is C7H12O. The molecule has 8 heavy (non-hydrogen) atoms. The molecule has 1 aliphatic rings. The van der Waals surface area contributed by atoms with Crippen LogP contribution in [0.25, 0.3) is 0 Å². The van der Waals surface area contributed by atoms with E-state index in [2.05, 4.69) is 26.0 Å². The van der Waals surface area contributed by atoms with Gasteiger partial charge in [0.25, 0.3) is 0 Å². The first kappa shape index (κ1) is 5.83. The van der Waals surface area contributed by atoms with Gasteiger partial charge in [-0.25, -0.2) is 0 Å². The Kier molecular flexibility index (Phi) is 1.69. The van der Waals surface area contributed by atoms with E-state index in [-0.39, 0.29) is 0 Å². The number of hydrogen-bond acceptors (Lipinski definition) is 1. The van der Waals surface area contributed by atoms with Crippen molar-refractivity contribution in [1.29, 1.82) is 0 Å². The molecule has 0 fully saturated rings. The molecule has 2 unspecified atom stereocenters. The standard InChI is InChI=1S/C7H12O/c1-6-4-3-5-8-7(6)2/h3-4,6-7H,5H2,1-2H3. The van der Waals surface area contributed by atoms with Crippen molar-refractivity contribution in [3.05, 3.63) is 12.2 Å². The van der Waals surface area contributed by atoms with Gasteiger partial charge in [-0.3, -0.25) is 0 Å². The topological polar surface area (TPSA) is 9.23 Å². The molecule has 0 saturated carbocycles. The van der Waals surface area contributed by atoms with Gasteiger partial charge in [0.05, 0.1) is 12.7 Å². The highest BCUT2D eigenvalue weighted by atomic mass is 16.5. The van der Waals surface area contributed by atoms with Crippen LogP contribution in [-0.2, 0) is 4.74 Å². The third kappa shape index (κ3) is 1.10. The number of hydrogen-bond donors (Lipinski definition) is 0. The second-order valence-electron chi connectivity index (χ2n) is 2.33. The highest BCUT2D eigenvalue weighted by Gasteiger charge is 2.11. The zero-order valence-corrected chi connectivity index (χ0v) is 5.42. The third-order valence-electron chi connectivity index (χ3n) is 1.64. The zero-order valence-electron chi connectivity index (χ0n) is 5.42. The van der Waals surface area contributed by atoms with Crippen molar-refractivity contribution < 1.29 is 4.74 Å². The van der Waals surface area contributed by atoms with Crippen LogP contribution in [0.15, 0.2) is 12.2 Å². The first-order chi connectivity index (χ1) is 3.80. The lowest BCUT2D eigenvalue weighted by Crippen LogP contribution is -2.19. The fourth-order valence-electron chi connectivity index (χ4n) is 0.786. The summed E-state index contributed by atoms with van der Waals surface area (Å²) in [6.07, 6.45) is 4.69. The normalized spacial score (nSPS) is 37.8. The van der Waals surface area contributed by atoms with Crippen LogP contribution in [0.1, 0.15) is 13.8 Å². The fraction of sp³-hybridized carbons (Fsp3) is 0.714. The molecule has 0 aromatic carbocycles. The minimum atomic E-state index is 0.417. The molecule has 1 rings (SSSR count). The van der Waals surface area contributed by atoms with Crippen LogP contribution in [0.3, 0.4) is 0 Å². The van der Waals surface area contributed by atoms with Crippen molar-refractivity contribution in [1.82, 2.24) is 0 Å². The summed E-state index contributed by atoms with van der Waals surface area (Å²) in [5, 5.41) is 0. The van der Waals surface area contributed by atoms with Crippen LogP contribution in [-0.4, -0.2) is 12.7 Å².